The van der Waals surface area contributed by atoms with Gasteiger partial charge in [0.05, 0.1) is 6.04 Å². The minimum Gasteiger partial charge on any atom is -0.360 e. The second-order valence-corrected chi connectivity index (χ2v) is 6.45. The van der Waals surface area contributed by atoms with Crippen LogP contribution in [0.5, 0.6) is 0 Å². The maximum Gasteiger partial charge on any atom is 0.273 e. The smallest absolute Gasteiger partial charge is 0.273 e. The number of rotatable bonds is 3. The van der Waals surface area contributed by atoms with Gasteiger partial charge in [0.2, 0.25) is 0 Å². The minimum absolute atomic E-state index is 0.181. The lowest BCUT2D eigenvalue weighted by atomic mass is 9.93. The van der Waals surface area contributed by atoms with Crippen LogP contribution in [0.25, 0.3) is 0 Å². The average Bonchev–Trinajstić information content (AvgIpc) is 2.88. The first-order valence-corrected chi connectivity index (χ1v) is 7.19. The van der Waals surface area contributed by atoms with Crippen molar-refractivity contribution >= 4 is 17.5 Å². The van der Waals surface area contributed by atoms with E-state index in [2.05, 4.69) is 10.5 Å². The summed E-state index contributed by atoms with van der Waals surface area (Å²) in [4.78, 5) is 12.2. The Bertz CT molecular complexity index is 644. The Balaban J connectivity index is 2.11. The summed E-state index contributed by atoms with van der Waals surface area (Å²) >= 11 is 6.13. The van der Waals surface area contributed by atoms with Gasteiger partial charge in [0.15, 0.2) is 5.69 Å². The molecule has 0 fully saturated rings. The van der Waals surface area contributed by atoms with Crippen LogP contribution >= 0.6 is 11.6 Å². The Hall–Kier alpha value is -1.81. The summed E-state index contributed by atoms with van der Waals surface area (Å²) in [6, 6.07) is 8.89. The predicted molar refractivity (Wildman–Crippen MR) is 82.5 cm³/mol. The molecule has 1 N–H and O–H groups in total. The molecule has 0 unspecified atom stereocenters. The highest BCUT2D eigenvalue weighted by Gasteiger charge is 2.23. The summed E-state index contributed by atoms with van der Waals surface area (Å²) in [7, 11) is 0. The lowest BCUT2D eigenvalue weighted by molar-refractivity contribution is 0.0930. The van der Waals surface area contributed by atoms with Crippen LogP contribution < -0.4 is 5.32 Å². The van der Waals surface area contributed by atoms with Crippen molar-refractivity contribution in [1.29, 1.82) is 0 Å². The molecule has 2 aromatic rings. The molecule has 0 bridgehead atoms. The van der Waals surface area contributed by atoms with Crippen molar-refractivity contribution in [3.63, 3.8) is 0 Å². The Labute approximate surface area is 129 Å². The fourth-order valence-electron chi connectivity index (χ4n) is 1.91. The monoisotopic (exact) mass is 306 g/mol. The summed E-state index contributed by atoms with van der Waals surface area (Å²) in [6.45, 7) is 7.88. The number of benzene rings is 1. The van der Waals surface area contributed by atoms with E-state index in [1.165, 1.54) is 0 Å². The van der Waals surface area contributed by atoms with E-state index in [0.717, 1.165) is 5.56 Å². The molecule has 0 aliphatic heterocycles. The fraction of sp³-hybridized carbons (Fsp3) is 0.375. The van der Waals surface area contributed by atoms with E-state index < -0.39 is 0 Å². The Morgan fingerprint density at radius 3 is 2.57 bits per heavy atom. The van der Waals surface area contributed by atoms with Gasteiger partial charge in [0.25, 0.3) is 5.91 Å². The third-order valence-electron chi connectivity index (χ3n) is 3.20. The second-order valence-electron chi connectivity index (χ2n) is 6.04. The molecular weight excluding hydrogens is 288 g/mol. The van der Waals surface area contributed by atoms with E-state index in [0.29, 0.717) is 10.8 Å². The van der Waals surface area contributed by atoms with Crippen LogP contribution in [0.4, 0.5) is 0 Å². The predicted octanol–water partition coefficient (Wildman–Crippen LogP) is 4.12. The highest BCUT2D eigenvalue weighted by atomic mass is 35.5. The summed E-state index contributed by atoms with van der Waals surface area (Å²) in [5.41, 5.74) is 0.964. The molecule has 4 nitrogen and oxygen atoms in total. The molecule has 1 amide bonds. The van der Waals surface area contributed by atoms with Crippen LogP contribution in [0.15, 0.2) is 34.9 Å². The highest BCUT2D eigenvalue weighted by molar-refractivity contribution is 6.31. The van der Waals surface area contributed by atoms with Crippen LogP contribution in [0, 0.1) is 0 Å². The molecule has 1 heterocycles. The summed E-state index contributed by atoms with van der Waals surface area (Å²) in [6.07, 6.45) is 0. The van der Waals surface area contributed by atoms with Gasteiger partial charge in [-0.25, -0.2) is 0 Å². The van der Waals surface area contributed by atoms with Crippen LogP contribution in [0.3, 0.4) is 0 Å². The molecule has 2 rings (SSSR count). The normalized spacial score (nSPS) is 13.0. The van der Waals surface area contributed by atoms with Gasteiger partial charge in [0, 0.05) is 16.5 Å². The lowest BCUT2D eigenvalue weighted by Gasteiger charge is -2.14. The van der Waals surface area contributed by atoms with E-state index in [9.17, 15) is 4.79 Å². The SMILES string of the molecule is C[C@@H](NC(=O)c1cc(C(C)(C)C)on1)c1ccccc1Cl. The lowest BCUT2D eigenvalue weighted by Crippen LogP contribution is -2.27. The van der Waals surface area contributed by atoms with Gasteiger partial charge in [-0.2, -0.15) is 0 Å². The number of halogens is 1. The molecule has 1 aromatic carbocycles. The zero-order valence-electron chi connectivity index (χ0n) is 12.6. The van der Waals surface area contributed by atoms with Crippen molar-refractivity contribution < 1.29 is 9.32 Å². The molecule has 5 heteroatoms. The van der Waals surface area contributed by atoms with Crippen molar-refractivity contribution in [1.82, 2.24) is 10.5 Å². The van der Waals surface area contributed by atoms with Gasteiger partial charge in [-0.05, 0) is 18.6 Å². The molecule has 0 saturated carbocycles. The Morgan fingerprint density at radius 1 is 1.33 bits per heavy atom. The Morgan fingerprint density at radius 2 is 2.00 bits per heavy atom. The van der Waals surface area contributed by atoms with Crippen molar-refractivity contribution in [2.24, 2.45) is 0 Å². The van der Waals surface area contributed by atoms with Gasteiger partial charge in [0.1, 0.15) is 5.76 Å². The van der Waals surface area contributed by atoms with E-state index >= 15 is 0 Å². The van der Waals surface area contributed by atoms with Crippen LogP contribution in [-0.2, 0) is 5.41 Å². The van der Waals surface area contributed by atoms with E-state index in [1.54, 1.807) is 12.1 Å². The van der Waals surface area contributed by atoms with Gasteiger partial charge < -0.3 is 9.84 Å². The molecule has 1 aromatic heterocycles. The number of nitrogens with one attached hydrogen (secondary N) is 1. The molecule has 0 spiro atoms. The van der Waals surface area contributed by atoms with Crippen LogP contribution in [-0.4, -0.2) is 11.1 Å². The molecule has 0 saturated heterocycles. The second kappa shape index (κ2) is 5.90. The maximum absolute atomic E-state index is 12.2. The third-order valence-corrected chi connectivity index (χ3v) is 3.55. The van der Waals surface area contributed by atoms with E-state index in [1.807, 2.05) is 45.9 Å². The third kappa shape index (κ3) is 3.64. The number of amides is 1. The van der Waals surface area contributed by atoms with Crippen molar-refractivity contribution in [3.8, 4) is 0 Å². The number of hydrogen-bond acceptors (Lipinski definition) is 3. The Kier molecular flexibility index (Phi) is 4.37. The zero-order valence-corrected chi connectivity index (χ0v) is 13.4. The fourth-order valence-corrected chi connectivity index (χ4v) is 2.21. The summed E-state index contributed by atoms with van der Waals surface area (Å²) in [5.74, 6) is 0.403. The zero-order chi connectivity index (χ0) is 15.6. The average molecular weight is 307 g/mol. The number of hydrogen-bond donors (Lipinski definition) is 1. The molecule has 0 radical (unpaired) electrons. The largest absolute Gasteiger partial charge is 0.360 e. The maximum atomic E-state index is 12.2. The highest BCUT2D eigenvalue weighted by Crippen LogP contribution is 2.24. The van der Waals surface area contributed by atoms with Crippen molar-refractivity contribution in [2.75, 3.05) is 0 Å². The standard InChI is InChI=1S/C16H19ClN2O2/c1-10(11-7-5-6-8-12(11)17)18-15(20)13-9-14(21-19-13)16(2,3)4/h5-10H,1-4H3,(H,18,20)/t10-/m1/s1. The first-order chi connectivity index (χ1) is 9.79. The van der Waals surface area contributed by atoms with Crippen molar-refractivity contribution in [3.05, 3.63) is 52.4 Å². The van der Waals surface area contributed by atoms with E-state index in [4.69, 9.17) is 16.1 Å². The van der Waals surface area contributed by atoms with Gasteiger partial charge in [-0.3, -0.25) is 4.79 Å². The molecular formula is C16H19ClN2O2. The number of nitrogens with zero attached hydrogens (tertiary/aromatic N) is 1. The topological polar surface area (TPSA) is 55.1 Å². The molecule has 21 heavy (non-hydrogen) atoms. The molecule has 0 aliphatic carbocycles. The molecule has 1 atom stereocenters. The minimum atomic E-state index is -0.276. The number of carbonyl (C=O) groups excluding carboxylic acids is 1. The van der Waals surface area contributed by atoms with Crippen molar-refractivity contribution in [2.45, 2.75) is 39.2 Å². The van der Waals surface area contributed by atoms with Crippen LogP contribution in [0.1, 0.15) is 55.5 Å². The van der Waals surface area contributed by atoms with Gasteiger partial charge >= 0.3 is 0 Å². The van der Waals surface area contributed by atoms with E-state index in [-0.39, 0.29) is 23.1 Å². The number of carbonyl (C=O) groups is 1. The van der Waals surface area contributed by atoms with Gasteiger partial charge in [-0.15, -0.1) is 0 Å². The first-order valence-electron chi connectivity index (χ1n) is 6.81. The summed E-state index contributed by atoms with van der Waals surface area (Å²) < 4.78 is 5.22. The number of aromatic nitrogens is 1. The molecule has 0 aliphatic rings. The quantitative estimate of drug-likeness (QED) is 0.928. The van der Waals surface area contributed by atoms with Crippen LogP contribution in [0.2, 0.25) is 5.02 Å². The molecule has 112 valence electrons. The summed E-state index contributed by atoms with van der Waals surface area (Å²) in [5, 5.41) is 7.33. The first kappa shape index (κ1) is 15.6. The van der Waals surface area contributed by atoms with Gasteiger partial charge in [-0.1, -0.05) is 55.7 Å².